The molecule has 0 saturated heterocycles. The van der Waals surface area contributed by atoms with E-state index in [0.717, 1.165) is 21.9 Å². The fourth-order valence-corrected chi connectivity index (χ4v) is 2.20. The van der Waals surface area contributed by atoms with E-state index in [4.69, 9.17) is 23.2 Å². The first-order valence-corrected chi connectivity index (χ1v) is 6.18. The van der Waals surface area contributed by atoms with Crippen LogP contribution in [0.15, 0.2) is 36.4 Å². The second kappa shape index (κ2) is 5.51. The zero-order valence-electron chi connectivity index (χ0n) is 9.45. The molecular formula is C14H10Cl2O2. The van der Waals surface area contributed by atoms with Crippen molar-refractivity contribution in [1.29, 1.82) is 0 Å². The fourth-order valence-electron chi connectivity index (χ4n) is 1.89. The van der Waals surface area contributed by atoms with Crippen molar-refractivity contribution in [2.24, 2.45) is 0 Å². The van der Waals surface area contributed by atoms with Gasteiger partial charge in [0.2, 0.25) is 10.5 Å². The Labute approximate surface area is 115 Å². The van der Waals surface area contributed by atoms with Crippen LogP contribution in [0.5, 0.6) is 0 Å². The maximum atomic E-state index is 10.9. The van der Waals surface area contributed by atoms with Crippen LogP contribution >= 0.6 is 23.2 Å². The average molecular weight is 281 g/mol. The quantitative estimate of drug-likeness (QED) is 0.804. The van der Waals surface area contributed by atoms with Crippen LogP contribution < -0.4 is 0 Å². The Morgan fingerprint density at radius 2 is 1.22 bits per heavy atom. The van der Waals surface area contributed by atoms with Crippen LogP contribution in [0, 0.1) is 0 Å². The highest BCUT2D eigenvalue weighted by molar-refractivity contribution is 6.64. The first kappa shape index (κ1) is 13.1. The normalized spacial score (nSPS) is 10.6. The Bertz CT molecular complexity index is 569. The van der Waals surface area contributed by atoms with E-state index < -0.39 is 0 Å². The molecule has 0 bridgehead atoms. The molecular weight excluding hydrogens is 271 g/mol. The largest absolute Gasteiger partial charge is 0.281 e. The van der Waals surface area contributed by atoms with Gasteiger partial charge in [0.1, 0.15) is 0 Å². The highest BCUT2D eigenvalue weighted by Gasteiger charge is 2.04. The lowest BCUT2D eigenvalue weighted by Gasteiger charge is -2.04. The molecule has 2 aromatic rings. The van der Waals surface area contributed by atoms with E-state index in [1.165, 1.54) is 0 Å². The SMILES string of the molecule is O=C(Cl)Cc1ccc2ccc(CC(=O)Cl)cc2c1. The van der Waals surface area contributed by atoms with Crippen molar-refractivity contribution in [2.45, 2.75) is 12.8 Å². The van der Waals surface area contributed by atoms with Gasteiger partial charge in [-0.2, -0.15) is 0 Å². The van der Waals surface area contributed by atoms with Crippen LogP contribution in [0.3, 0.4) is 0 Å². The van der Waals surface area contributed by atoms with Crippen molar-refractivity contribution in [3.05, 3.63) is 47.5 Å². The summed E-state index contributed by atoms with van der Waals surface area (Å²) in [5.41, 5.74) is 1.72. The summed E-state index contributed by atoms with van der Waals surface area (Å²) >= 11 is 10.7. The predicted octanol–water partition coefficient (Wildman–Crippen LogP) is 3.46. The molecule has 0 spiro atoms. The van der Waals surface area contributed by atoms with Crippen LogP contribution in [-0.2, 0) is 22.4 Å². The maximum Gasteiger partial charge on any atom is 0.226 e. The van der Waals surface area contributed by atoms with Gasteiger partial charge < -0.3 is 0 Å². The summed E-state index contributed by atoms with van der Waals surface area (Å²) in [6.07, 6.45) is 0.409. The average Bonchev–Trinajstić information content (AvgIpc) is 2.26. The molecule has 0 N–H and O–H groups in total. The summed E-state index contributed by atoms with van der Waals surface area (Å²) < 4.78 is 0. The van der Waals surface area contributed by atoms with E-state index in [-0.39, 0.29) is 23.3 Å². The topological polar surface area (TPSA) is 34.1 Å². The molecule has 4 heteroatoms. The zero-order valence-corrected chi connectivity index (χ0v) is 11.0. The van der Waals surface area contributed by atoms with Gasteiger partial charge in [-0.3, -0.25) is 9.59 Å². The van der Waals surface area contributed by atoms with E-state index in [9.17, 15) is 9.59 Å². The third kappa shape index (κ3) is 3.31. The number of carbonyl (C=O) groups excluding carboxylic acids is 2. The Kier molecular flexibility index (Phi) is 4.00. The van der Waals surface area contributed by atoms with Gasteiger partial charge in [0.05, 0.1) is 0 Å². The second-order valence-corrected chi connectivity index (χ2v) is 4.92. The minimum Gasteiger partial charge on any atom is -0.281 e. The molecule has 92 valence electrons. The van der Waals surface area contributed by atoms with E-state index >= 15 is 0 Å². The number of benzene rings is 2. The number of fused-ring (bicyclic) bond motifs is 1. The fraction of sp³-hybridized carbons (Fsp3) is 0.143. The predicted molar refractivity (Wildman–Crippen MR) is 73.1 cm³/mol. The molecule has 0 radical (unpaired) electrons. The molecule has 0 amide bonds. The molecule has 0 atom stereocenters. The Balaban J connectivity index is 2.39. The highest BCUT2D eigenvalue weighted by Crippen LogP contribution is 2.19. The smallest absolute Gasteiger partial charge is 0.226 e. The van der Waals surface area contributed by atoms with Crippen LogP contribution in [0.4, 0.5) is 0 Å². The monoisotopic (exact) mass is 280 g/mol. The van der Waals surface area contributed by atoms with Gasteiger partial charge in [-0.05, 0) is 45.1 Å². The minimum absolute atomic E-state index is 0.205. The summed E-state index contributed by atoms with van der Waals surface area (Å²) in [6.45, 7) is 0. The molecule has 2 nitrogen and oxygen atoms in total. The number of halogens is 2. The van der Waals surface area contributed by atoms with Gasteiger partial charge >= 0.3 is 0 Å². The highest BCUT2D eigenvalue weighted by atomic mass is 35.5. The number of hydrogen-bond acceptors (Lipinski definition) is 2. The zero-order chi connectivity index (χ0) is 13.1. The van der Waals surface area contributed by atoms with Crippen LogP contribution in [0.1, 0.15) is 11.1 Å². The molecule has 18 heavy (non-hydrogen) atoms. The van der Waals surface area contributed by atoms with Gasteiger partial charge in [0.15, 0.2) is 0 Å². The van der Waals surface area contributed by atoms with Gasteiger partial charge in [0.25, 0.3) is 0 Å². The molecule has 0 fully saturated rings. The van der Waals surface area contributed by atoms with E-state index in [0.29, 0.717) is 0 Å². The van der Waals surface area contributed by atoms with Gasteiger partial charge in [0, 0.05) is 12.8 Å². The molecule has 0 heterocycles. The lowest BCUT2D eigenvalue weighted by Crippen LogP contribution is -1.95. The lowest BCUT2D eigenvalue weighted by molar-refractivity contribution is -0.111. The minimum atomic E-state index is -0.388. The standard InChI is InChI=1S/C14H10Cl2O2/c15-13(17)7-9-1-3-11-4-2-10(8-14(16)18)6-12(11)5-9/h1-6H,7-8H2. The van der Waals surface area contributed by atoms with Crippen molar-refractivity contribution in [2.75, 3.05) is 0 Å². The molecule has 0 aliphatic carbocycles. The molecule has 0 aliphatic heterocycles. The summed E-state index contributed by atoms with van der Waals surface area (Å²) in [7, 11) is 0. The van der Waals surface area contributed by atoms with Gasteiger partial charge in [-0.1, -0.05) is 36.4 Å². The number of rotatable bonds is 4. The first-order chi connectivity index (χ1) is 8.54. The van der Waals surface area contributed by atoms with Gasteiger partial charge in [-0.15, -0.1) is 0 Å². The van der Waals surface area contributed by atoms with Crippen LogP contribution in [-0.4, -0.2) is 10.5 Å². The van der Waals surface area contributed by atoms with Crippen molar-refractivity contribution < 1.29 is 9.59 Å². The third-order valence-corrected chi connectivity index (χ3v) is 2.92. The lowest BCUT2D eigenvalue weighted by atomic mass is 10.0. The van der Waals surface area contributed by atoms with E-state index in [2.05, 4.69) is 0 Å². The summed E-state index contributed by atoms with van der Waals surface area (Å²) in [6, 6.07) is 11.4. The first-order valence-electron chi connectivity index (χ1n) is 5.43. The van der Waals surface area contributed by atoms with Crippen molar-refractivity contribution in [1.82, 2.24) is 0 Å². The Morgan fingerprint density at radius 1 is 0.778 bits per heavy atom. The molecule has 2 aromatic carbocycles. The molecule has 0 aromatic heterocycles. The summed E-state index contributed by atoms with van der Waals surface area (Å²) in [4.78, 5) is 21.7. The molecule has 0 saturated carbocycles. The summed E-state index contributed by atoms with van der Waals surface area (Å²) in [5, 5.41) is 1.25. The Hall–Kier alpha value is -1.38. The third-order valence-electron chi connectivity index (χ3n) is 2.66. The molecule has 0 unspecified atom stereocenters. The van der Waals surface area contributed by atoms with Crippen LogP contribution in [0.25, 0.3) is 10.8 Å². The van der Waals surface area contributed by atoms with Gasteiger partial charge in [-0.25, -0.2) is 0 Å². The summed E-state index contributed by atoms with van der Waals surface area (Å²) in [5.74, 6) is 0. The number of hydrogen-bond donors (Lipinski definition) is 0. The van der Waals surface area contributed by atoms with Crippen LogP contribution in [0.2, 0.25) is 0 Å². The maximum absolute atomic E-state index is 10.9. The second-order valence-electron chi connectivity index (χ2n) is 4.08. The Morgan fingerprint density at radius 3 is 1.61 bits per heavy atom. The molecule has 0 aliphatic rings. The van der Waals surface area contributed by atoms with E-state index in [1.807, 2.05) is 36.4 Å². The van der Waals surface area contributed by atoms with E-state index in [1.54, 1.807) is 0 Å². The molecule has 2 rings (SSSR count). The van der Waals surface area contributed by atoms with Crippen molar-refractivity contribution >= 4 is 44.5 Å². The van der Waals surface area contributed by atoms with Crippen molar-refractivity contribution in [3.8, 4) is 0 Å². The number of carbonyl (C=O) groups is 2. The van der Waals surface area contributed by atoms with Crippen molar-refractivity contribution in [3.63, 3.8) is 0 Å².